The second-order valence-corrected chi connectivity index (χ2v) is 3.69. The molecule has 0 radical (unpaired) electrons. The third-order valence-corrected chi connectivity index (χ3v) is 2.17. The van der Waals surface area contributed by atoms with Gasteiger partial charge in [0, 0.05) is 0 Å². The fraction of sp³-hybridized carbons (Fsp3) is 0.818. The summed E-state index contributed by atoms with van der Waals surface area (Å²) in [7, 11) is 0. The van der Waals surface area contributed by atoms with Gasteiger partial charge in [-0.05, 0) is 33.1 Å². The van der Waals surface area contributed by atoms with Crippen LogP contribution >= 0.6 is 0 Å². The molecule has 0 aliphatic rings. The van der Waals surface area contributed by atoms with Crippen LogP contribution in [0, 0.1) is 0 Å². The summed E-state index contributed by atoms with van der Waals surface area (Å²) in [6, 6.07) is 0. The molecule has 0 heterocycles. The summed E-state index contributed by atoms with van der Waals surface area (Å²) in [5.41, 5.74) is 1.31. The second kappa shape index (κ2) is 7.10. The van der Waals surface area contributed by atoms with Crippen LogP contribution in [0.15, 0.2) is 11.6 Å². The van der Waals surface area contributed by atoms with E-state index in [1.807, 2.05) is 0 Å². The van der Waals surface area contributed by atoms with Crippen LogP contribution in [0.2, 0.25) is 0 Å². The van der Waals surface area contributed by atoms with E-state index >= 15 is 0 Å². The number of allylic oxidation sites excluding steroid dienone is 2. The van der Waals surface area contributed by atoms with Crippen molar-refractivity contribution in [2.75, 3.05) is 0 Å². The van der Waals surface area contributed by atoms with Crippen LogP contribution in [0.3, 0.4) is 0 Å². The minimum Gasteiger partial charge on any atom is -0.391 e. The van der Waals surface area contributed by atoms with Gasteiger partial charge in [-0.2, -0.15) is 0 Å². The maximum absolute atomic E-state index is 9.32. The highest BCUT2D eigenvalue weighted by Gasteiger charge is 2.09. The Labute approximate surface area is 81.3 Å². The molecule has 0 aromatic heterocycles. The average molecular weight is 186 g/mol. The van der Waals surface area contributed by atoms with E-state index in [1.54, 1.807) is 6.92 Å². The van der Waals surface area contributed by atoms with E-state index in [9.17, 15) is 5.11 Å². The molecule has 0 bridgehead atoms. The standard InChI is InChI=1S/C11H22O2/c1-4-5-6-9(2)7-8-11(13)10(3)12/h6,10-13H,4-5,7-8H2,1-3H3/b9-6+/t10?,11-/m0/s1. The zero-order valence-electron chi connectivity index (χ0n) is 8.95. The molecule has 0 aliphatic carbocycles. The van der Waals surface area contributed by atoms with Crippen molar-refractivity contribution in [3.63, 3.8) is 0 Å². The van der Waals surface area contributed by atoms with Gasteiger partial charge >= 0.3 is 0 Å². The van der Waals surface area contributed by atoms with E-state index in [2.05, 4.69) is 19.9 Å². The number of hydrogen-bond acceptors (Lipinski definition) is 2. The molecular weight excluding hydrogens is 164 g/mol. The van der Waals surface area contributed by atoms with Crippen molar-refractivity contribution in [3.8, 4) is 0 Å². The lowest BCUT2D eigenvalue weighted by atomic mass is 10.0. The van der Waals surface area contributed by atoms with E-state index in [1.165, 1.54) is 5.57 Å². The Morgan fingerprint density at radius 2 is 2.00 bits per heavy atom. The van der Waals surface area contributed by atoms with Gasteiger partial charge in [0.25, 0.3) is 0 Å². The van der Waals surface area contributed by atoms with Crippen LogP contribution in [0.1, 0.15) is 46.5 Å². The quantitative estimate of drug-likeness (QED) is 0.625. The van der Waals surface area contributed by atoms with Gasteiger partial charge < -0.3 is 10.2 Å². The summed E-state index contributed by atoms with van der Waals surface area (Å²) in [5, 5.41) is 18.4. The number of aliphatic hydroxyl groups excluding tert-OH is 2. The SMILES string of the molecule is CCC/C=C(\C)CC[C@H](O)C(C)O. The molecule has 2 N–H and O–H groups in total. The van der Waals surface area contributed by atoms with Crippen molar-refractivity contribution in [1.29, 1.82) is 0 Å². The molecule has 0 amide bonds. The van der Waals surface area contributed by atoms with Crippen molar-refractivity contribution in [2.24, 2.45) is 0 Å². The van der Waals surface area contributed by atoms with Crippen LogP contribution in [-0.2, 0) is 0 Å². The van der Waals surface area contributed by atoms with Crippen LogP contribution in [-0.4, -0.2) is 22.4 Å². The molecule has 0 spiro atoms. The molecule has 2 nitrogen and oxygen atoms in total. The summed E-state index contributed by atoms with van der Waals surface area (Å²) < 4.78 is 0. The van der Waals surface area contributed by atoms with E-state index < -0.39 is 12.2 Å². The topological polar surface area (TPSA) is 40.5 Å². The van der Waals surface area contributed by atoms with Gasteiger partial charge in [0.2, 0.25) is 0 Å². The first kappa shape index (κ1) is 12.7. The first-order valence-corrected chi connectivity index (χ1v) is 5.09. The first-order valence-electron chi connectivity index (χ1n) is 5.09. The fourth-order valence-electron chi connectivity index (χ4n) is 1.11. The average Bonchev–Trinajstić information content (AvgIpc) is 2.10. The monoisotopic (exact) mass is 186 g/mol. The molecule has 2 atom stereocenters. The summed E-state index contributed by atoms with van der Waals surface area (Å²) in [6.07, 6.45) is 4.82. The van der Waals surface area contributed by atoms with Gasteiger partial charge in [-0.25, -0.2) is 0 Å². The number of rotatable bonds is 6. The normalized spacial score (nSPS) is 17.2. The van der Waals surface area contributed by atoms with Crippen molar-refractivity contribution in [1.82, 2.24) is 0 Å². The van der Waals surface area contributed by atoms with Crippen molar-refractivity contribution >= 4 is 0 Å². The maximum Gasteiger partial charge on any atom is 0.0799 e. The second-order valence-electron chi connectivity index (χ2n) is 3.69. The Morgan fingerprint density at radius 1 is 1.38 bits per heavy atom. The molecule has 0 rings (SSSR count). The molecular formula is C11H22O2. The van der Waals surface area contributed by atoms with Crippen molar-refractivity contribution < 1.29 is 10.2 Å². The van der Waals surface area contributed by atoms with Gasteiger partial charge in [-0.1, -0.05) is 25.0 Å². The van der Waals surface area contributed by atoms with E-state index in [0.29, 0.717) is 6.42 Å². The summed E-state index contributed by atoms with van der Waals surface area (Å²) in [5.74, 6) is 0. The van der Waals surface area contributed by atoms with Crippen LogP contribution in [0.25, 0.3) is 0 Å². The molecule has 0 fully saturated rings. The molecule has 13 heavy (non-hydrogen) atoms. The molecule has 0 aromatic rings. The lowest BCUT2D eigenvalue weighted by Crippen LogP contribution is -2.22. The lowest BCUT2D eigenvalue weighted by molar-refractivity contribution is 0.0265. The highest BCUT2D eigenvalue weighted by atomic mass is 16.3. The predicted molar refractivity (Wildman–Crippen MR) is 55.6 cm³/mol. The van der Waals surface area contributed by atoms with Gasteiger partial charge in [0.15, 0.2) is 0 Å². The van der Waals surface area contributed by atoms with Crippen LogP contribution in [0.4, 0.5) is 0 Å². The smallest absolute Gasteiger partial charge is 0.0799 e. The van der Waals surface area contributed by atoms with Gasteiger partial charge in [-0.15, -0.1) is 0 Å². The molecule has 78 valence electrons. The Kier molecular flexibility index (Phi) is 6.92. The minimum absolute atomic E-state index is 0.579. The van der Waals surface area contributed by atoms with Gasteiger partial charge in [-0.3, -0.25) is 0 Å². The highest BCUT2D eigenvalue weighted by Crippen LogP contribution is 2.10. The van der Waals surface area contributed by atoms with Gasteiger partial charge in [0.05, 0.1) is 12.2 Å². The zero-order valence-corrected chi connectivity index (χ0v) is 8.95. The maximum atomic E-state index is 9.32. The van der Waals surface area contributed by atoms with Crippen LogP contribution in [0.5, 0.6) is 0 Å². The minimum atomic E-state index is -0.612. The largest absolute Gasteiger partial charge is 0.391 e. The Bertz CT molecular complexity index is 150. The first-order chi connectivity index (χ1) is 6.07. The molecule has 0 saturated carbocycles. The molecule has 2 heteroatoms. The Balaban J connectivity index is 3.62. The number of unbranched alkanes of at least 4 members (excludes halogenated alkanes) is 1. The summed E-state index contributed by atoms with van der Waals surface area (Å²) in [6.45, 7) is 5.84. The Hall–Kier alpha value is -0.340. The van der Waals surface area contributed by atoms with Crippen LogP contribution < -0.4 is 0 Å². The van der Waals surface area contributed by atoms with E-state index in [0.717, 1.165) is 19.3 Å². The van der Waals surface area contributed by atoms with Crippen molar-refractivity contribution in [3.05, 3.63) is 11.6 Å². The lowest BCUT2D eigenvalue weighted by Gasteiger charge is -2.13. The van der Waals surface area contributed by atoms with E-state index in [4.69, 9.17) is 5.11 Å². The fourth-order valence-corrected chi connectivity index (χ4v) is 1.11. The third-order valence-electron chi connectivity index (χ3n) is 2.17. The van der Waals surface area contributed by atoms with E-state index in [-0.39, 0.29) is 0 Å². The molecule has 0 saturated heterocycles. The molecule has 1 unspecified atom stereocenters. The Morgan fingerprint density at radius 3 is 2.46 bits per heavy atom. The predicted octanol–water partition coefficient (Wildman–Crippen LogP) is 2.25. The third kappa shape index (κ3) is 6.79. The summed E-state index contributed by atoms with van der Waals surface area (Å²) >= 11 is 0. The number of aliphatic hydroxyl groups is 2. The highest BCUT2D eigenvalue weighted by molar-refractivity contribution is 4.98. The number of hydrogen-bond donors (Lipinski definition) is 2. The molecule has 0 aromatic carbocycles. The zero-order chi connectivity index (χ0) is 10.3. The molecule has 0 aliphatic heterocycles. The van der Waals surface area contributed by atoms with Crippen molar-refractivity contribution in [2.45, 2.75) is 58.7 Å². The summed E-state index contributed by atoms with van der Waals surface area (Å²) in [4.78, 5) is 0. The van der Waals surface area contributed by atoms with Gasteiger partial charge in [0.1, 0.15) is 0 Å².